The number of aliphatic carboxylic acids is 1. The molecule has 1 rings (SSSR count). The number of aliphatic hydroxyl groups excluding tert-OH is 1. The van der Waals surface area contributed by atoms with E-state index in [2.05, 4.69) is 0 Å². The molecule has 0 saturated carbocycles. The minimum Gasteiger partial charge on any atom is -0.480 e. The average molecular weight is 201 g/mol. The molecule has 0 aromatic rings. The molecular weight excluding hydrogens is 182 g/mol. The summed E-state index contributed by atoms with van der Waals surface area (Å²) in [5.74, 6) is -0.360. The maximum atomic E-state index is 11.0. The first-order valence-electron chi connectivity index (χ1n) is 5.14. The fourth-order valence-electron chi connectivity index (χ4n) is 2.09. The van der Waals surface area contributed by atoms with Crippen molar-refractivity contribution in [2.24, 2.45) is 11.8 Å². The van der Waals surface area contributed by atoms with Crippen LogP contribution in [0.1, 0.15) is 20.3 Å². The lowest BCUT2D eigenvalue weighted by atomic mass is 10.0. The highest BCUT2D eigenvalue weighted by Gasteiger charge is 2.36. The van der Waals surface area contributed by atoms with Crippen LogP contribution in [0.15, 0.2) is 0 Å². The monoisotopic (exact) mass is 201 g/mol. The Labute approximate surface area is 84.5 Å². The first-order chi connectivity index (χ1) is 6.56. The van der Waals surface area contributed by atoms with E-state index in [1.807, 2.05) is 18.7 Å². The van der Waals surface area contributed by atoms with Gasteiger partial charge in [-0.3, -0.25) is 9.69 Å². The molecule has 1 fully saturated rings. The molecule has 0 spiro atoms. The molecule has 1 heterocycles. The standard InChI is InChI=1S/C10H19NO3/c1-7(6-12)5-11-4-3-8(2)9(11)10(13)14/h7-9,12H,3-6H2,1-2H3,(H,13,14). The topological polar surface area (TPSA) is 60.8 Å². The van der Waals surface area contributed by atoms with E-state index in [-0.39, 0.29) is 24.5 Å². The van der Waals surface area contributed by atoms with Crippen LogP contribution in [0.3, 0.4) is 0 Å². The van der Waals surface area contributed by atoms with Crippen molar-refractivity contribution in [3.63, 3.8) is 0 Å². The van der Waals surface area contributed by atoms with Gasteiger partial charge in [-0.1, -0.05) is 13.8 Å². The predicted molar refractivity (Wildman–Crippen MR) is 53.0 cm³/mol. The van der Waals surface area contributed by atoms with Crippen LogP contribution in [0.25, 0.3) is 0 Å². The maximum absolute atomic E-state index is 11.0. The minimum absolute atomic E-state index is 0.122. The van der Waals surface area contributed by atoms with Crippen LogP contribution >= 0.6 is 0 Å². The molecule has 3 unspecified atom stereocenters. The zero-order valence-electron chi connectivity index (χ0n) is 8.81. The fourth-order valence-corrected chi connectivity index (χ4v) is 2.09. The van der Waals surface area contributed by atoms with E-state index in [0.29, 0.717) is 6.54 Å². The highest BCUT2D eigenvalue weighted by molar-refractivity contribution is 5.74. The highest BCUT2D eigenvalue weighted by Crippen LogP contribution is 2.24. The number of aliphatic hydroxyl groups is 1. The van der Waals surface area contributed by atoms with Gasteiger partial charge in [0.25, 0.3) is 0 Å². The van der Waals surface area contributed by atoms with Crippen molar-refractivity contribution in [3.8, 4) is 0 Å². The second-order valence-electron chi connectivity index (χ2n) is 4.33. The van der Waals surface area contributed by atoms with E-state index in [1.54, 1.807) is 0 Å². The molecule has 82 valence electrons. The lowest BCUT2D eigenvalue weighted by Crippen LogP contribution is -2.41. The van der Waals surface area contributed by atoms with Crippen LogP contribution in [-0.2, 0) is 4.79 Å². The van der Waals surface area contributed by atoms with E-state index in [0.717, 1.165) is 13.0 Å². The van der Waals surface area contributed by atoms with Gasteiger partial charge in [0.05, 0.1) is 0 Å². The lowest BCUT2D eigenvalue weighted by Gasteiger charge is -2.25. The highest BCUT2D eigenvalue weighted by atomic mass is 16.4. The second-order valence-corrected chi connectivity index (χ2v) is 4.33. The van der Waals surface area contributed by atoms with Crippen LogP contribution in [0.2, 0.25) is 0 Å². The molecule has 0 aromatic heterocycles. The molecular formula is C10H19NO3. The van der Waals surface area contributed by atoms with Gasteiger partial charge in [0.15, 0.2) is 0 Å². The fraction of sp³-hybridized carbons (Fsp3) is 0.900. The molecule has 0 bridgehead atoms. The summed E-state index contributed by atoms with van der Waals surface area (Å²) >= 11 is 0. The molecule has 3 atom stereocenters. The molecule has 0 radical (unpaired) electrons. The van der Waals surface area contributed by atoms with Crippen LogP contribution in [0.4, 0.5) is 0 Å². The molecule has 0 aromatic carbocycles. The number of likely N-dealkylation sites (tertiary alicyclic amines) is 1. The van der Waals surface area contributed by atoms with Crippen LogP contribution in [-0.4, -0.2) is 46.8 Å². The molecule has 0 amide bonds. The molecule has 0 aliphatic carbocycles. The molecule has 1 aliphatic heterocycles. The van der Waals surface area contributed by atoms with E-state index in [4.69, 9.17) is 10.2 Å². The third kappa shape index (κ3) is 2.45. The Balaban J connectivity index is 2.56. The van der Waals surface area contributed by atoms with Crippen molar-refractivity contribution in [2.75, 3.05) is 19.7 Å². The van der Waals surface area contributed by atoms with Crippen molar-refractivity contribution in [3.05, 3.63) is 0 Å². The molecule has 1 saturated heterocycles. The molecule has 14 heavy (non-hydrogen) atoms. The van der Waals surface area contributed by atoms with Crippen molar-refractivity contribution in [2.45, 2.75) is 26.3 Å². The summed E-state index contributed by atoms with van der Waals surface area (Å²) in [6.45, 7) is 5.54. The second kappa shape index (κ2) is 4.75. The third-order valence-electron chi connectivity index (χ3n) is 2.91. The Hall–Kier alpha value is -0.610. The van der Waals surface area contributed by atoms with E-state index in [9.17, 15) is 4.79 Å². The molecule has 4 nitrogen and oxygen atoms in total. The van der Waals surface area contributed by atoms with Gasteiger partial charge in [-0.15, -0.1) is 0 Å². The largest absolute Gasteiger partial charge is 0.480 e. The number of nitrogens with zero attached hydrogens (tertiary/aromatic N) is 1. The quantitative estimate of drug-likeness (QED) is 0.691. The minimum atomic E-state index is -0.736. The summed E-state index contributed by atoms with van der Waals surface area (Å²) in [4.78, 5) is 13.0. The van der Waals surface area contributed by atoms with Gasteiger partial charge in [-0.05, 0) is 24.8 Å². The first kappa shape index (κ1) is 11.5. The summed E-state index contributed by atoms with van der Waals surface area (Å²) in [6.07, 6.45) is 0.940. The number of hydrogen-bond acceptors (Lipinski definition) is 3. The summed E-state index contributed by atoms with van der Waals surface area (Å²) < 4.78 is 0. The van der Waals surface area contributed by atoms with Crippen molar-refractivity contribution >= 4 is 5.97 Å². The normalized spacial score (nSPS) is 30.5. The first-order valence-corrected chi connectivity index (χ1v) is 5.14. The average Bonchev–Trinajstić information content (AvgIpc) is 2.46. The molecule has 4 heteroatoms. The van der Waals surface area contributed by atoms with Crippen molar-refractivity contribution in [1.29, 1.82) is 0 Å². The van der Waals surface area contributed by atoms with Gasteiger partial charge in [-0.2, -0.15) is 0 Å². The Morgan fingerprint density at radius 3 is 2.79 bits per heavy atom. The van der Waals surface area contributed by atoms with E-state index in [1.165, 1.54) is 0 Å². The van der Waals surface area contributed by atoms with Crippen LogP contribution in [0, 0.1) is 11.8 Å². The summed E-state index contributed by atoms with van der Waals surface area (Å²) in [7, 11) is 0. The van der Waals surface area contributed by atoms with Crippen molar-refractivity contribution in [1.82, 2.24) is 4.90 Å². The zero-order valence-corrected chi connectivity index (χ0v) is 8.81. The third-order valence-corrected chi connectivity index (χ3v) is 2.91. The van der Waals surface area contributed by atoms with E-state index < -0.39 is 5.97 Å². The van der Waals surface area contributed by atoms with Crippen LogP contribution < -0.4 is 0 Å². The lowest BCUT2D eigenvalue weighted by molar-refractivity contribution is -0.143. The van der Waals surface area contributed by atoms with Crippen molar-refractivity contribution < 1.29 is 15.0 Å². The smallest absolute Gasteiger partial charge is 0.321 e. The Morgan fingerprint density at radius 1 is 1.64 bits per heavy atom. The molecule has 1 aliphatic rings. The Bertz CT molecular complexity index is 208. The maximum Gasteiger partial charge on any atom is 0.321 e. The number of rotatable bonds is 4. The van der Waals surface area contributed by atoms with Gasteiger partial charge in [0.2, 0.25) is 0 Å². The summed E-state index contributed by atoms with van der Waals surface area (Å²) in [5, 5.41) is 17.9. The SMILES string of the molecule is CC(CO)CN1CCC(C)C1C(=O)O. The predicted octanol–water partition coefficient (Wildman–Crippen LogP) is 0.410. The summed E-state index contributed by atoms with van der Waals surface area (Å²) in [5.41, 5.74) is 0. The Kier molecular flexibility index (Phi) is 3.89. The summed E-state index contributed by atoms with van der Waals surface area (Å²) in [6, 6.07) is -0.357. The number of carboxylic acid groups (broad SMARTS) is 1. The number of hydrogen-bond donors (Lipinski definition) is 2. The Morgan fingerprint density at radius 2 is 2.29 bits per heavy atom. The number of carboxylic acids is 1. The zero-order chi connectivity index (χ0) is 10.7. The van der Waals surface area contributed by atoms with Crippen LogP contribution in [0.5, 0.6) is 0 Å². The molecule has 2 N–H and O–H groups in total. The van der Waals surface area contributed by atoms with Gasteiger partial charge < -0.3 is 10.2 Å². The van der Waals surface area contributed by atoms with E-state index >= 15 is 0 Å². The van der Waals surface area contributed by atoms with Gasteiger partial charge >= 0.3 is 5.97 Å². The van der Waals surface area contributed by atoms with Gasteiger partial charge in [0.1, 0.15) is 6.04 Å². The number of carbonyl (C=O) groups is 1. The van der Waals surface area contributed by atoms with Gasteiger partial charge in [-0.25, -0.2) is 0 Å². The van der Waals surface area contributed by atoms with Gasteiger partial charge in [0, 0.05) is 13.2 Å².